The van der Waals surface area contributed by atoms with Crippen molar-refractivity contribution >= 4 is 15.9 Å². The number of fused-ring (bicyclic) bond motifs is 1. The van der Waals surface area contributed by atoms with Gasteiger partial charge in [0.2, 0.25) is 15.9 Å². The number of nitrogens with zero attached hydrogens (tertiary/aromatic N) is 1. The van der Waals surface area contributed by atoms with Crippen LogP contribution in [0.15, 0.2) is 23.1 Å². The van der Waals surface area contributed by atoms with Crippen LogP contribution in [0.5, 0.6) is 11.5 Å². The predicted octanol–water partition coefficient (Wildman–Crippen LogP) is 2.94. The lowest BCUT2D eigenvalue weighted by atomic mass is 10.0. The van der Waals surface area contributed by atoms with Crippen LogP contribution in [0.4, 0.5) is 0 Å². The number of ether oxygens (including phenoxy) is 2. The Hall–Kier alpha value is -1.80. The summed E-state index contributed by atoms with van der Waals surface area (Å²) in [5.41, 5.74) is 0. The second-order valence-electron chi connectivity index (χ2n) is 8.31. The van der Waals surface area contributed by atoms with Gasteiger partial charge in [0.15, 0.2) is 11.5 Å². The van der Waals surface area contributed by atoms with Crippen molar-refractivity contribution in [2.45, 2.75) is 69.9 Å². The summed E-state index contributed by atoms with van der Waals surface area (Å²) in [5, 5.41) is 3.01. The Morgan fingerprint density at radius 3 is 2.62 bits per heavy atom. The van der Waals surface area contributed by atoms with Crippen molar-refractivity contribution in [3.63, 3.8) is 0 Å². The molecule has 162 valence electrons. The molecule has 1 N–H and O–H groups in total. The standard InChI is InChI=1S/C21H32N2O5S/c1-15(2)6-4-7-16(3)22-21(24)18-8-5-11-23(18)29(25,26)17-9-10-19-20(14-17)28-13-12-27-19/h9-10,14-16,18H,4-8,11-13H2,1-3H3,(H,22,24)/t16-,18+/m1/s1. The van der Waals surface area contributed by atoms with Crippen molar-refractivity contribution in [2.75, 3.05) is 19.8 Å². The fourth-order valence-corrected chi connectivity index (χ4v) is 5.53. The second kappa shape index (κ2) is 9.34. The van der Waals surface area contributed by atoms with E-state index in [9.17, 15) is 13.2 Å². The van der Waals surface area contributed by atoms with Gasteiger partial charge in [0.25, 0.3) is 0 Å². The van der Waals surface area contributed by atoms with Gasteiger partial charge in [-0.3, -0.25) is 4.79 Å². The van der Waals surface area contributed by atoms with Gasteiger partial charge in [-0.05, 0) is 44.2 Å². The summed E-state index contributed by atoms with van der Waals surface area (Å²) < 4.78 is 38.7. The fraction of sp³-hybridized carbons (Fsp3) is 0.667. The number of amides is 1. The van der Waals surface area contributed by atoms with Crippen LogP contribution in [0.2, 0.25) is 0 Å². The SMILES string of the molecule is CC(C)CCC[C@@H](C)NC(=O)[C@@H]1CCCN1S(=O)(=O)c1ccc2c(c1)OCCO2. The molecule has 29 heavy (non-hydrogen) atoms. The van der Waals surface area contributed by atoms with E-state index in [-0.39, 0.29) is 16.8 Å². The van der Waals surface area contributed by atoms with Gasteiger partial charge in [-0.25, -0.2) is 8.42 Å². The van der Waals surface area contributed by atoms with Gasteiger partial charge in [-0.2, -0.15) is 4.31 Å². The van der Waals surface area contributed by atoms with Crippen molar-refractivity contribution in [3.05, 3.63) is 18.2 Å². The van der Waals surface area contributed by atoms with Crippen molar-refractivity contribution in [2.24, 2.45) is 5.92 Å². The lowest BCUT2D eigenvalue weighted by Gasteiger charge is -2.26. The Labute approximate surface area is 173 Å². The van der Waals surface area contributed by atoms with E-state index in [2.05, 4.69) is 19.2 Å². The molecule has 0 saturated carbocycles. The monoisotopic (exact) mass is 424 g/mol. The molecule has 0 unspecified atom stereocenters. The Kier molecular flexibility index (Phi) is 7.05. The molecule has 3 rings (SSSR count). The lowest BCUT2D eigenvalue weighted by molar-refractivity contribution is -0.124. The molecule has 0 aliphatic carbocycles. The molecule has 0 bridgehead atoms. The minimum absolute atomic E-state index is 0.0284. The number of nitrogens with one attached hydrogen (secondary N) is 1. The van der Waals surface area contributed by atoms with E-state index in [1.54, 1.807) is 6.07 Å². The molecular weight excluding hydrogens is 392 g/mol. The molecule has 7 nitrogen and oxygen atoms in total. The van der Waals surface area contributed by atoms with Crippen molar-refractivity contribution < 1.29 is 22.7 Å². The predicted molar refractivity (Wildman–Crippen MR) is 111 cm³/mol. The molecule has 2 aliphatic rings. The first-order chi connectivity index (χ1) is 13.8. The van der Waals surface area contributed by atoms with E-state index in [0.29, 0.717) is 50.0 Å². The van der Waals surface area contributed by atoms with E-state index in [4.69, 9.17) is 9.47 Å². The summed E-state index contributed by atoms with van der Waals surface area (Å²) in [6, 6.07) is 3.99. The highest BCUT2D eigenvalue weighted by molar-refractivity contribution is 7.89. The normalized spacial score (nSPS) is 20.6. The van der Waals surface area contributed by atoms with Gasteiger partial charge >= 0.3 is 0 Å². The maximum absolute atomic E-state index is 13.2. The number of rotatable bonds is 8. The quantitative estimate of drug-likeness (QED) is 0.694. The second-order valence-corrected chi connectivity index (χ2v) is 10.2. The smallest absolute Gasteiger partial charge is 0.243 e. The molecule has 2 aliphatic heterocycles. The van der Waals surface area contributed by atoms with Crippen LogP contribution >= 0.6 is 0 Å². The Morgan fingerprint density at radius 2 is 1.90 bits per heavy atom. The zero-order valence-electron chi connectivity index (χ0n) is 17.5. The minimum Gasteiger partial charge on any atom is -0.486 e. The van der Waals surface area contributed by atoms with Gasteiger partial charge < -0.3 is 14.8 Å². The molecule has 0 radical (unpaired) electrons. The minimum atomic E-state index is -3.79. The van der Waals surface area contributed by atoms with Crippen LogP contribution in [-0.2, 0) is 14.8 Å². The Bertz CT molecular complexity index is 824. The van der Waals surface area contributed by atoms with Gasteiger partial charge in [0.1, 0.15) is 19.3 Å². The third-order valence-electron chi connectivity index (χ3n) is 5.43. The van der Waals surface area contributed by atoms with Crippen LogP contribution in [0.1, 0.15) is 52.9 Å². The molecule has 2 atom stereocenters. The van der Waals surface area contributed by atoms with Crippen molar-refractivity contribution in [1.82, 2.24) is 9.62 Å². The zero-order valence-corrected chi connectivity index (χ0v) is 18.3. The number of sulfonamides is 1. The lowest BCUT2D eigenvalue weighted by Crippen LogP contribution is -2.48. The molecule has 0 aromatic heterocycles. The fourth-order valence-electron chi connectivity index (χ4n) is 3.85. The number of hydrogen-bond donors (Lipinski definition) is 1. The van der Waals surface area contributed by atoms with E-state index in [0.717, 1.165) is 19.3 Å². The molecule has 2 heterocycles. The van der Waals surface area contributed by atoms with Crippen LogP contribution < -0.4 is 14.8 Å². The summed E-state index contributed by atoms with van der Waals surface area (Å²) in [4.78, 5) is 12.9. The van der Waals surface area contributed by atoms with E-state index in [1.165, 1.54) is 16.4 Å². The van der Waals surface area contributed by atoms with Crippen molar-refractivity contribution in [1.29, 1.82) is 0 Å². The highest BCUT2D eigenvalue weighted by atomic mass is 32.2. The average Bonchev–Trinajstić information content (AvgIpc) is 3.18. The molecule has 1 aromatic carbocycles. The average molecular weight is 425 g/mol. The molecular formula is C21H32N2O5S. The van der Waals surface area contributed by atoms with Gasteiger partial charge in [-0.1, -0.05) is 26.7 Å². The van der Waals surface area contributed by atoms with Gasteiger partial charge in [0.05, 0.1) is 4.90 Å². The molecule has 0 spiro atoms. The maximum Gasteiger partial charge on any atom is 0.243 e. The van der Waals surface area contributed by atoms with Gasteiger partial charge in [0, 0.05) is 18.7 Å². The van der Waals surface area contributed by atoms with Crippen LogP contribution in [0, 0.1) is 5.92 Å². The van der Waals surface area contributed by atoms with E-state index >= 15 is 0 Å². The number of benzene rings is 1. The molecule has 1 aromatic rings. The highest BCUT2D eigenvalue weighted by Crippen LogP contribution is 2.34. The number of carbonyl (C=O) groups is 1. The highest BCUT2D eigenvalue weighted by Gasteiger charge is 2.40. The summed E-state index contributed by atoms with van der Waals surface area (Å²) >= 11 is 0. The molecule has 1 amide bonds. The van der Waals surface area contributed by atoms with E-state index in [1.807, 2.05) is 6.92 Å². The topological polar surface area (TPSA) is 84.9 Å². The molecule has 1 saturated heterocycles. The van der Waals surface area contributed by atoms with Gasteiger partial charge in [-0.15, -0.1) is 0 Å². The third kappa shape index (κ3) is 5.22. The summed E-state index contributed by atoms with van der Waals surface area (Å²) in [6.07, 6.45) is 4.26. The summed E-state index contributed by atoms with van der Waals surface area (Å²) in [7, 11) is -3.79. The first kappa shape index (κ1) is 21.9. The molecule has 8 heteroatoms. The largest absolute Gasteiger partial charge is 0.486 e. The Balaban J connectivity index is 1.68. The maximum atomic E-state index is 13.2. The first-order valence-electron chi connectivity index (χ1n) is 10.5. The molecule has 1 fully saturated rings. The zero-order chi connectivity index (χ0) is 21.0. The third-order valence-corrected chi connectivity index (χ3v) is 7.34. The van der Waals surface area contributed by atoms with Crippen molar-refractivity contribution in [3.8, 4) is 11.5 Å². The number of hydrogen-bond acceptors (Lipinski definition) is 5. The van der Waals surface area contributed by atoms with Crippen LogP contribution in [0.3, 0.4) is 0 Å². The first-order valence-corrected chi connectivity index (χ1v) is 11.9. The summed E-state index contributed by atoms with van der Waals surface area (Å²) in [6.45, 7) is 7.52. The number of carbonyl (C=O) groups excluding carboxylic acids is 1. The summed E-state index contributed by atoms with van der Waals surface area (Å²) in [5.74, 6) is 1.40. The van der Waals surface area contributed by atoms with Crippen LogP contribution in [0.25, 0.3) is 0 Å². The van der Waals surface area contributed by atoms with Crippen LogP contribution in [-0.4, -0.2) is 50.5 Å². The van der Waals surface area contributed by atoms with E-state index < -0.39 is 16.1 Å². The Morgan fingerprint density at radius 1 is 1.17 bits per heavy atom.